The van der Waals surface area contributed by atoms with Gasteiger partial charge in [-0.2, -0.15) is 0 Å². The standard InChI is InChI=1S/C13H9N3O2S2/c17-10(11-2-1-7-19-11)8-20-13-16-15-12(18-13)9-3-5-14-6-4-9/h1-7H,8H2. The molecular weight excluding hydrogens is 294 g/mol. The number of nitrogens with zero attached hydrogens (tertiary/aromatic N) is 3. The van der Waals surface area contributed by atoms with Crippen LogP contribution >= 0.6 is 23.1 Å². The number of rotatable bonds is 5. The molecule has 0 fully saturated rings. The van der Waals surface area contributed by atoms with E-state index in [-0.39, 0.29) is 5.78 Å². The van der Waals surface area contributed by atoms with Gasteiger partial charge >= 0.3 is 0 Å². The highest BCUT2D eigenvalue weighted by molar-refractivity contribution is 7.99. The molecule has 0 bridgehead atoms. The fraction of sp³-hybridized carbons (Fsp3) is 0.0769. The van der Waals surface area contributed by atoms with Crippen molar-refractivity contribution in [1.29, 1.82) is 0 Å². The summed E-state index contributed by atoms with van der Waals surface area (Å²) in [6.07, 6.45) is 3.32. The lowest BCUT2D eigenvalue weighted by atomic mass is 10.3. The summed E-state index contributed by atoms with van der Waals surface area (Å²) < 4.78 is 5.50. The van der Waals surface area contributed by atoms with E-state index in [1.54, 1.807) is 24.5 Å². The monoisotopic (exact) mass is 303 g/mol. The largest absolute Gasteiger partial charge is 0.411 e. The topological polar surface area (TPSA) is 68.9 Å². The third kappa shape index (κ3) is 2.94. The van der Waals surface area contributed by atoms with Crippen molar-refractivity contribution < 1.29 is 9.21 Å². The zero-order valence-electron chi connectivity index (χ0n) is 10.2. The predicted octanol–water partition coefficient (Wildman–Crippen LogP) is 3.17. The second-order valence-electron chi connectivity index (χ2n) is 3.80. The van der Waals surface area contributed by atoms with Gasteiger partial charge in [0.05, 0.1) is 10.6 Å². The van der Waals surface area contributed by atoms with E-state index >= 15 is 0 Å². The van der Waals surface area contributed by atoms with Crippen LogP contribution in [0.15, 0.2) is 51.7 Å². The van der Waals surface area contributed by atoms with Gasteiger partial charge in [-0.05, 0) is 23.6 Å². The van der Waals surface area contributed by atoms with Crippen LogP contribution in [0.2, 0.25) is 0 Å². The van der Waals surface area contributed by atoms with E-state index in [2.05, 4.69) is 15.2 Å². The lowest BCUT2D eigenvalue weighted by Gasteiger charge is -1.94. The Bertz CT molecular complexity index is 696. The Morgan fingerprint density at radius 1 is 1.25 bits per heavy atom. The van der Waals surface area contributed by atoms with Gasteiger partial charge in [-0.1, -0.05) is 17.8 Å². The Labute approximate surface area is 123 Å². The summed E-state index contributed by atoms with van der Waals surface area (Å²) in [6.45, 7) is 0. The predicted molar refractivity (Wildman–Crippen MR) is 76.9 cm³/mol. The molecule has 0 aliphatic heterocycles. The maximum atomic E-state index is 11.8. The van der Waals surface area contributed by atoms with E-state index in [1.165, 1.54) is 23.1 Å². The van der Waals surface area contributed by atoms with Crippen molar-refractivity contribution in [2.45, 2.75) is 5.22 Å². The van der Waals surface area contributed by atoms with E-state index in [9.17, 15) is 4.79 Å². The van der Waals surface area contributed by atoms with E-state index < -0.39 is 0 Å². The molecule has 5 nitrogen and oxygen atoms in total. The van der Waals surface area contributed by atoms with Gasteiger partial charge in [0.15, 0.2) is 5.78 Å². The summed E-state index contributed by atoms with van der Waals surface area (Å²) in [6, 6.07) is 7.25. The van der Waals surface area contributed by atoms with Crippen LogP contribution in [-0.2, 0) is 0 Å². The van der Waals surface area contributed by atoms with Gasteiger partial charge in [0.25, 0.3) is 5.22 Å². The average Bonchev–Trinajstić information content (AvgIpc) is 3.17. The molecule has 3 heterocycles. The van der Waals surface area contributed by atoms with Gasteiger partial charge < -0.3 is 4.42 Å². The van der Waals surface area contributed by atoms with Crippen LogP contribution in [0.1, 0.15) is 9.67 Å². The Kier molecular flexibility index (Phi) is 3.89. The molecule has 0 aliphatic carbocycles. The zero-order valence-corrected chi connectivity index (χ0v) is 11.9. The van der Waals surface area contributed by atoms with Crippen LogP contribution in [0, 0.1) is 0 Å². The van der Waals surface area contributed by atoms with E-state index in [0.717, 1.165) is 10.4 Å². The van der Waals surface area contributed by atoms with Gasteiger partial charge in [-0.3, -0.25) is 9.78 Å². The number of carbonyl (C=O) groups excluding carboxylic acids is 1. The summed E-state index contributed by atoms with van der Waals surface area (Å²) in [5.74, 6) is 0.783. The summed E-state index contributed by atoms with van der Waals surface area (Å²) in [5.41, 5.74) is 0.809. The minimum atomic E-state index is 0.0636. The van der Waals surface area contributed by atoms with Crippen LogP contribution in [0.25, 0.3) is 11.5 Å². The zero-order chi connectivity index (χ0) is 13.8. The molecule has 3 aromatic heterocycles. The minimum Gasteiger partial charge on any atom is -0.411 e. The number of aromatic nitrogens is 3. The molecule has 0 radical (unpaired) electrons. The first-order valence-corrected chi connectivity index (χ1v) is 7.63. The molecule has 0 saturated heterocycles. The molecule has 3 aromatic rings. The van der Waals surface area contributed by atoms with Gasteiger partial charge in [-0.15, -0.1) is 21.5 Å². The minimum absolute atomic E-state index is 0.0636. The highest BCUT2D eigenvalue weighted by Gasteiger charge is 2.12. The maximum Gasteiger partial charge on any atom is 0.277 e. The SMILES string of the molecule is O=C(CSc1nnc(-c2ccncc2)o1)c1cccs1. The molecule has 100 valence electrons. The fourth-order valence-corrected chi connectivity index (χ4v) is 2.92. The molecule has 20 heavy (non-hydrogen) atoms. The number of thiophene rings is 1. The number of hydrogen-bond acceptors (Lipinski definition) is 7. The van der Waals surface area contributed by atoms with Crippen molar-refractivity contribution in [3.8, 4) is 11.5 Å². The van der Waals surface area contributed by atoms with Gasteiger partial charge in [0, 0.05) is 18.0 Å². The van der Waals surface area contributed by atoms with Gasteiger partial charge in [-0.25, -0.2) is 0 Å². The van der Waals surface area contributed by atoms with Crippen molar-refractivity contribution in [1.82, 2.24) is 15.2 Å². The molecule has 0 aromatic carbocycles. The highest BCUT2D eigenvalue weighted by Crippen LogP contribution is 2.23. The second kappa shape index (κ2) is 5.98. The van der Waals surface area contributed by atoms with Crippen LogP contribution < -0.4 is 0 Å². The van der Waals surface area contributed by atoms with Gasteiger partial charge in [0.2, 0.25) is 5.89 Å². The number of carbonyl (C=O) groups is 1. The molecule has 3 rings (SSSR count). The number of hydrogen-bond donors (Lipinski definition) is 0. The molecule has 0 atom stereocenters. The molecular formula is C13H9N3O2S2. The molecule has 7 heteroatoms. The lowest BCUT2D eigenvalue weighted by Crippen LogP contribution is -1.98. The van der Waals surface area contributed by atoms with Crippen molar-refractivity contribution in [2.75, 3.05) is 5.75 Å². The maximum absolute atomic E-state index is 11.8. The fourth-order valence-electron chi connectivity index (χ4n) is 1.51. The third-order valence-electron chi connectivity index (χ3n) is 2.46. The second-order valence-corrected chi connectivity index (χ2v) is 5.67. The van der Waals surface area contributed by atoms with Crippen molar-refractivity contribution in [3.63, 3.8) is 0 Å². The van der Waals surface area contributed by atoms with E-state index in [1.807, 2.05) is 17.5 Å². The normalized spacial score (nSPS) is 10.6. The van der Waals surface area contributed by atoms with Crippen LogP contribution in [0.5, 0.6) is 0 Å². The first-order valence-electron chi connectivity index (χ1n) is 5.76. The Balaban J connectivity index is 1.65. The summed E-state index contributed by atoms with van der Waals surface area (Å²) in [4.78, 5) is 16.5. The van der Waals surface area contributed by atoms with E-state index in [0.29, 0.717) is 16.9 Å². The highest BCUT2D eigenvalue weighted by atomic mass is 32.2. The lowest BCUT2D eigenvalue weighted by molar-refractivity contribution is 0.102. The Morgan fingerprint density at radius 2 is 2.10 bits per heavy atom. The van der Waals surface area contributed by atoms with Crippen molar-refractivity contribution in [2.24, 2.45) is 0 Å². The first-order chi connectivity index (χ1) is 9.83. The Hall–Kier alpha value is -1.99. The molecule has 0 N–H and O–H groups in total. The quantitative estimate of drug-likeness (QED) is 0.532. The first kappa shape index (κ1) is 13.0. The van der Waals surface area contributed by atoms with Gasteiger partial charge in [0.1, 0.15) is 0 Å². The summed E-state index contributed by atoms with van der Waals surface area (Å²) >= 11 is 2.68. The van der Waals surface area contributed by atoms with Crippen molar-refractivity contribution >= 4 is 28.9 Å². The van der Waals surface area contributed by atoms with Crippen LogP contribution in [0.3, 0.4) is 0 Å². The average molecular weight is 303 g/mol. The number of Topliss-reactive ketones (excluding diaryl/α,β-unsaturated/α-hetero) is 1. The molecule has 0 amide bonds. The van der Waals surface area contributed by atoms with Crippen molar-refractivity contribution in [3.05, 3.63) is 46.9 Å². The molecule has 0 unspecified atom stereocenters. The molecule has 0 aliphatic rings. The molecule has 0 saturated carbocycles. The summed E-state index contributed by atoms with van der Waals surface area (Å²) in [7, 11) is 0. The van der Waals surface area contributed by atoms with Crippen LogP contribution in [0.4, 0.5) is 0 Å². The third-order valence-corrected chi connectivity index (χ3v) is 4.19. The summed E-state index contributed by atoms with van der Waals surface area (Å²) in [5, 5.41) is 10.1. The van der Waals surface area contributed by atoms with Crippen LogP contribution in [-0.4, -0.2) is 26.7 Å². The number of ketones is 1. The molecule has 0 spiro atoms. The number of thioether (sulfide) groups is 1. The smallest absolute Gasteiger partial charge is 0.277 e. The number of pyridine rings is 1. The van der Waals surface area contributed by atoms with E-state index in [4.69, 9.17) is 4.42 Å². The Morgan fingerprint density at radius 3 is 2.85 bits per heavy atom.